The van der Waals surface area contributed by atoms with Gasteiger partial charge in [0.05, 0.1) is 37.0 Å². The van der Waals surface area contributed by atoms with Gasteiger partial charge in [0, 0.05) is 44.2 Å². The molecule has 3 heterocycles. The molecule has 6 rings (SSSR count). The molecule has 0 amide bonds. The summed E-state index contributed by atoms with van der Waals surface area (Å²) in [6.07, 6.45) is 0. The first kappa shape index (κ1) is 28.0. The number of aromatic nitrogens is 3. The van der Waals surface area contributed by atoms with Crippen LogP contribution in [-0.4, -0.2) is 64.3 Å². The van der Waals surface area contributed by atoms with Gasteiger partial charge in [0.1, 0.15) is 11.6 Å². The minimum Gasteiger partial charge on any atom is -0.370 e. The van der Waals surface area contributed by atoms with Gasteiger partial charge in [0.25, 0.3) is 5.56 Å². The number of fused-ring (bicyclic) bond motifs is 3. The van der Waals surface area contributed by atoms with Gasteiger partial charge in [-0.25, -0.2) is 13.4 Å². The number of anilines is 2. The molecule has 1 aliphatic rings. The molecule has 11 nitrogen and oxygen atoms in total. The zero-order valence-electron chi connectivity index (χ0n) is 22.4. The molecule has 5 N–H and O–H groups in total. The molecule has 2 aromatic heterocycles. The molecule has 5 aromatic rings. The van der Waals surface area contributed by atoms with E-state index in [2.05, 4.69) is 10.3 Å². The smallest absolute Gasteiger partial charge is 0.261 e. The van der Waals surface area contributed by atoms with Crippen molar-refractivity contribution in [2.24, 2.45) is 12.8 Å². The van der Waals surface area contributed by atoms with E-state index < -0.39 is 10.0 Å². The predicted molar refractivity (Wildman–Crippen MR) is 166 cm³/mol. The van der Waals surface area contributed by atoms with Crippen molar-refractivity contribution in [3.05, 3.63) is 81.1 Å². The highest BCUT2D eigenvalue weighted by atomic mass is 35.5. The minimum atomic E-state index is -3.81. The number of aromatic amines is 1. The Labute approximate surface area is 251 Å². The first-order valence-electron chi connectivity index (χ1n) is 13.0. The van der Waals surface area contributed by atoms with E-state index in [9.17, 15) is 13.2 Å². The second-order valence-electron chi connectivity index (χ2n) is 9.93. The van der Waals surface area contributed by atoms with Crippen molar-refractivity contribution in [1.82, 2.24) is 23.7 Å². The third-order valence-electron chi connectivity index (χ3n) is 7.41. The molecule has 0 saturated carbocycles. The van der Waals surface area contributed by atoms with Crippen LogP contribution in [0, 0.1) is 5.41 Å². The molecule has 0 bridgehead atoms. The molecular formula is C28H26Cl2N8O3S. The van der Waals surface area contributed by atoms with Gasteiger partial charge in [-0.05, 0) is 36.4 Å². The number of halogens is 2. The van der Waals surface area contributed by atoms with E-state index in [0.29, 0.717) is 56.6 Å². The van der Waals surface area contributed by atoms with Crippen LogP contribution in [-0.2, 0) is 17.1 Å². The monoisotopic (exact) mass is 624 g/mol. The topological polar surface area (TPSA) is 153 Å². The Morgan fingerprint density at radius 1 is 1.02 bits per heavy atom. The molecule has 0 radical (unpaired) electrons. The summed E-state index contributed by atoms with van der Waals surface area (Å²) < 4.78 is 30.0. The summed E-state index contributed by atoms with van der Waals surface area (Å²) in [4.78, 5) is 22.8. The molecule has 0 spiro atoms. The number of piperazine rings is 1. The average Bonchev–Trinajstić information content (AvgIpc) is 3.29. The maximum absolute atomic E-state index is 13.5. The lowest BCUT2D eigenvalue weighted by Gasteiger charge is -2.34. The Hall–Kier alpha value is -4.10. The molecule has 0 aliphatic carbocycles. The Morgan fingerprint density at radius 2 is 1.71 bits per heavy atom. The van der Waals surface area contributed by atoms with Crippen LogP contribution in [0.1, 0.15) is 0 Å². The van der Waals surface area contributed by atoms with Crippen molar-refractivity contribution < 1.29 is 8.42 Å². The van der Waals surface area contributed by atoms with Crippen molar-refractivity contribution in [1.29, 1.82) is 5.41 Å². The maximum Gasteiger partial charge on any atom is 0.261 e. The second kappa shape index (κ2) is 10.6. The summed E-state index contributed by atoms with van der Waals surface area (Å²) in [7, 11) is -1.99. The summed E-state index contributed by atoms with van der Waals surface area (Å²) in [5.74, 6) is 0.851. The molecule has 1 aliphatic heterocycles. The first-order valence-corrected chi connectivity index (χ1v) is 15.2. The lowest BCUT2D eigenvalue weighted by molar-refractivity contribution is 0.263. The first-order chi connectivity index (χ1) is 20.0. The summed E-state index contributed by atoms with van der Waals surface area (Å²) in [6.45, 7) is 1.10. The van der Waals surface area contributed by atoms with Gasteiger partial charge < -0.3 is 25.5 Å². The van der Waals surface area contributed by atoms with E-state index in [1.807, 2.05) is 23.7 Å². The van der Waals surface area contributed by atoms with E-state index in [1.165, 1.54) is 16.4 Å². The number of nitrogens with one attached hydrogen (secondary N) is 3. The molecule has 1 saturated heterocycles. The van der Waals surface area contributed by atoms with E-state index >= 15 is 0 Å². The quantitative estimate of drug-likeness (QED) is 0.168. The normalized spacial score (nSPS) is 14.5. The number of hydrogen-bond acceptors (Lipinski definition) is 6. The number of aryl methyl sites for hydroxylation is 1. The SMILES string of the molecule is Cn1c(Nc2c(Cl)cccc2Cl)cc2ccc3nc(-c4cccc(S(=O)(=O)N5CCN(C(=N)N)CC5)c4)[nH]c(=O)c3c21. The third-order valence-corrected chi connectivity index (χ3v) is 9.93. The fourth-order valence-electron chi connectivity index (χ4n) is 5.20. The standard InChI is InChI=1S/C28H26Cl2N8O3S/c1-36-22(34-24-19(29)6-3-7-20(24)30)15-16-8-9-21-23(25(16)36)27(39)35-26(33-21)17-4-2-5-18(14-17)42(40,41)38-12-10-37(11-13-38)28(31)32/h2-9,14-15,34H,10-13H2,1H3,(H3,31,32)(H,33,35,39). The number of benzene rings is 3. The summed E-state index contributed by atoms with van der Waals surface area (Å²) in [5, 5.41) is 13.0. The Morgan fingerprint density at radius 3 is 2.40 bits per heavy atom. The molecule has 0 atom stereocenters. The van der Waals surface area contributed by atoms with Crippen molar-refractivity contribution >= 4 is 72.5 Å². The van der Waals surface area contributed by atoms with E-state index in [-0.39, 0.29) is 35.3 Å². The summed E-state index contributed by atoms with van der Waals surface area (Å²) in [6, 6.07) is 17.1. The lowest BCUT2D eigenvalue weighted by atomic mass is 10.1. The lowest BCUT2D eigenvalue weighted by Crippen LogP contribution is -2.52. The number of guanidine groups is 1. The van der Waals surface area contributed by atoms with Gasteiger partial charge in [0.15, 0.2) is 5.96 Å². The minimum absolute atomic E-state index is 0.0783. The number of hydrogen-bond donors (Lipinski definition) is 4. The summed E-state index contributed by atoms with van der Waals surface area (Å²) >= 11 is 12.7. The van der Waals surface area contributed by atoms with E-state index in [1.54, 1.807) is 41.3 Å². The predicted octanol–water partition coefficient (Wildman–Crippen LogP) is 4.33. The van der Waals surface area contributed by atoms with Gasteiger partial charge in [0.2, 0.25) is 10.0 Å². The highest BCUT2D eigenvalue weighted by Gasteiger charge is 2.29. The van der Waals surface area contributed by atoms with Crippen LogP contribution < -0.4 is 16.6 Å². The van der Waals surface area contributed by atoms with Crippen LogP contribution in [0.3, 0.4) is 0 Å². The second-order valence-corrected chi connectivity index (χ2v) is 12.7. The van der Waals surface area contributed by atoms with Crippen LogP contribution in [0.25, 0.3) is 33.2 Å². The Balaban J connectivity index is 1.36. The highest BCUT2D eigenvalue weighted by Crippen LogP contribution is 2.35. The third kappa shape index (κ3) is 4.86. The zero-order valence-corrected chi connectivity index (χ0v) is 24.7. The molecule has 42 heavy (non-hydrogen) atoms. The van der Waals surface area contributed by atoms with Gasteiger partial charge >= 0.3 is 0 Å². The molecule has 1 fully saturated rings. The number of H-pyrrole nitrogens is 1. The number of nitrogens with two attached hydrogens (primary N) is 1. The summed E-state index contributed by atoms with van der Waals surface area (Å²) in [5.41, 5.74) is 7.32. The average molecular weight is 626 g/mol. The fraction of sp³-hybridized carbons (Fsp3) is 0.179. The van der Waals surface area contributed by atoms with Crippen molar-refractivity contribution in [2.75, 3.05) is 31.5 Å². The van der Waals surface area contributed by atoms with Gasteiger partial charge in [-0.2, -0.15) is 4.31 Å². The van der Waals surface area contributed by atoms with Gasteiger partial charge in [-0.15, -0.1) is 0 Å². The van der Waals surface area contributed by atoms with Crippen LogP contribution in [0.5, 0.6) is 0 Å². The zero-order chi connectivity index (χ0) is 29.8. The fourth-order valence-corrected chi connectivity index (χ4v) is 7.16. The molecule has 0 unspecified atom stereocenters. The number of sulfonamides is 1. The van der Waals surface area contributed by atoms with Crippen molar-refractivity contribution in [3.63, 3.8) is 0 Å². The van der Waals surface area contributed by atoms with Crippen molar-refractivity contribution in [3.8, 4) is 11.4 Å². The van der Waals surface area contributed by atoms with Crippen LogP contribution in [0.2, 0.25) is 10.0 Å². The van der Waals surface area contributed by atoms with Crippen LogP contribution in [0.15, 0.2) is 70.4 Å². The molecular weight excluding hydrogens is 599 g/mol. The Kier molecular flexibility index (Phi) is 7.09. The van der Waals surface area contributed by atoms with E-state index in [0.717, 1.165) is 5.39 Å². The van der Waals surface area contributed by atoms with Crippen molar-refractivity contribution in [2.45, 2.75) is 4.90 Å². The highest BCUT2D eigenvalue weighted by molar-refractivity contribution is 7.89. The largest absolute Gasteiger partial charge is 0.370 e. The van der Waals surface area contributed by atoms with E-state index in [4.69, 9.17) is 39.3 Å². The van der Waals surface area contributed by atoms with Gasteiger partial charge in [-0.1, -0.05) is 47.5 Å². The maximum atomic E-state index is 13.5. The van der Waals surface area contributed by atoms with Crippen LogP contribution >= 0.6 is 23.2 Å². The van der Waals surface area contributed by atoms with Crippen LogP contribution in [0.4, 0.5) is 11.5 Å². The molecule has 3 aromatic carbocycles. The van der Waals surface area contributed by atoms with Gasteiger partial charge in [-0.3, -0.25) is 10.2 Å². The number of rotatable bonds is 5. The molecule has 14 heteroatoms. The number of para-hydroxylation sites is 1. The number of nitrogens with zero attached hydrogens (tertiary/aromatic N) is 4. The molecule has 216 valence electrons. The Bertz CT molecular complexity index is 2030.